The SMILES string of the molecule is COc1ccc(-c2cn(S(=O)(=O)c3ccc(C)cc3)c3ccccc23)cc1. The molecule has 0 amide bonds. The van der Waals surface area contributed by atoms with Gasteiger partial charge in [0.05, 0.1) is 17.5 Å². The van der Waals surface area contributed by atoms with Crippen LogP contribution in [-0.4, -0.2) is 19.5 Å². The van der Waals surface area contributed by atoms with E-state index in [-0.39, 0.29) is 4.90 Å². The number of ether oxygens (including phenoxy) is 1. The molecule has 0 aliphatic carbocycles. The maximum absolute atomic E-state index is 13.2. The number of methoxy groups -OCH3 is 1. The summed E-state index contributed by atoms with van der Waals surface area (Å²) in [6.45, 7) is 1.93. The maximum atomic E-state index is 13.2. The van der Waals surface area contributed by atoms with Crippen LogP contribution in [-0.2, 0) is 10.0 Å². The Morgan fingerprint density at radius 1 is 0.852 bits per heavy atom. The monoisotopic (exact) mass is 377 g/mol. The Morgan fingerprint density at radius 2 is 1.52 bits per heavy atom. The number of fused-ring (bicyclic) bond motifs is 1. The first-order chi connectivity index (χ1) is 13.0. The van der Waals surface area contributed by atoms with Gasteiger partial charge in [-0.05, 0) is 42.8 Å². The Kier molecular flexibility index (Phi) is 4.24. The first-order valence-corrected chi connectivity index (χ1v) is 10.0. The standard InChI is InChI=1S/C22H19NO3S/c1-16-7-13-19(14-8-16)27(24,25)23-15-21(20-5-3-4-6-22(20)23)17-9-11-18(26-2)12-10-17/h3-15H,1-2H3. The molecule has 3 aromatic carbocycles. The van der Waals surface area contributed by atoms with E-state index in [1.807, 2.05) is 67.6 Å². The quantitative estimate of drug-likeness (QED) is 0.510. The van der Waals surface area contributed by atoms with Gasteiger partial charge in [0, 0.05) is 17.1 Å². The molecule has 0 saturated carbocycles. The van der Waals surface area contributed by atoms with Crippen molar-refractivity contribution in [3.05, 3.63) is 84.6 Å². The second-order valence-electron chi connectivity index (χ2n) is 6.40. The summed E-state index contributed by atoms with van der Waals surface area (Å²) < 4.78 is 33.1. The molecule has 0 saturated heterocycles. The summed E-state index contributed by atoms with van der Waals surface area (Å²) in [7, 11) is -2.07. The number of aromatic nitrogens is 1. The van der Waals surface area contributed by atoms with Crippen molar-refractivity contribution in [1.29, 1.82) is 0 Å². The number of benzene rings is 3. The van der Waals surface area contributed by atoms with Crippen LogP contribution < -0.4 is 4.74 Å². The molecule has 0 aliphatic heterocycles. The molecule has 4 aromatic rings. The molecule has 0 aliphatic rings. The van der Waals surface area contributed by atoms with E-state index in [1.54, 1.807) is 25.4 Å². The summed E-state index contributed by atoms with van der Waals surface area (Å²) in [5.74, 6) is 0.759. The van der Waals surface area contributed by atoms with Gasteiger partial charge >= 0.3 is 0 Å². The first-order valence-electron chi connectivity index (χ1n) is 8.57. The molecule has 0 radical (unpaired) electrons. The summed E-state index contributed by atoms with van der Waals surface area (Å²) in [5, 5.41) is 0.887. The second kappa shape index (κ2) is 6.59. The predicted octanol–water partition coefficient (Wildman–Crippen LogP) is 4.86. The lowest BCUT2D eigenvalue weighted by atomic mass is 10.0. The van der Waals surface area contributed by atoms with E-state index in [0.29, 0.717) is 5.52 Å². The molecule has 1 aromatic heterocycles. The molecule has 4 rings (SSSR count). The first kappa shape index (κ1) is 17.4. The number of rotatable bonds is 4. The third-order valence-electron chi connectivity index (χ3n) is 4.66. The molecule has 0 spiro atoms. The van der Waals surface area contributed by atoms with Crippen LogP contribution in [0.5, 0.6) is 5.75 Å². The van der Waals surface area contributed by atoms with E-state index in [9.17, 15) is 8.42 Å². The number of aryl methyl sites for hydroxylation is 1. The molecule has 0 N–H and O–H groups in total. The fourth-order valence-electron chi connectivity index (χ4n) is 3.17. The van der Waals surface area contributed by atoms with Gasteiger partial charge in [0.2, 0.25) is 0 Å². The van der Waals surface area contributed by atoms with Crippen molar-refractivity contribution in [3.63, 3.8) is 0 Å². The predicted molar refractivity (Wildman–Crippen MR) is 108 cm³/mol. The molecule has 0 atom stereocenters. The average molecular weight is 377 g/mol. The highest BCUT2D eigenvalue weighted by molar-refractivity contribution is 7.90. The average Bonchev–Trinajstić information content (AvgIpc) is 3.09. The zero-order valence-electron chi connectivity index (χ0n) is 15.1. The minimum Gasteiger partial charge on any atom is -0.497 e. The van der Waals surface area contributed by atoms with Crippen LogP contribution in [0.25, 0.3) is 22.0 Å². The lowest BCUT2D eigenvalue weighted by molar-refractivity contribution is 0.415. The zero-order valence-corrected chi connectivity index (χ0v) is 15.9. The molecule has 136 valence electrons. The van der Waals surface area contributed by atoms with E-state index in [0.717, 1.165) is 27.8 Å². The van der Waals surface area contributed by atoms with Gasteiger partial charge in [-0.1, -0.05) is 48.0 Å². The Hall–Kier alpha value is -3.05. The maximum Gasteiger partial charge on any atom is 0.268 e. The van der Waals surface area contributed by atoms with Gasteiger partial charge in [0.1, 0.15) is 5.75 Å². The fraction of sp³-hybridized carbons (Fsp3) is 0.0909. The van der Waals surface area contributed by atoms with Crippen LogP contribution in [0.3, 0.4) is 0 Å². The van der Waals surface area contributed by atoms with Crippen molar-refractivity contribution in [3.8, 4) is 16.9 Å². The third-order valence-corrected chi connectivity index (χ3v) is 6.34. The third kappa shape index (κ3) is 3.00. The lowest BCUT2D eigenvalue weighted by Crippen LogP contribution is -2.11. The molecule has 0 fully saturated rings. The van der Waals surface area contributed by atoms with Crippen molar-refractivity contribution in [2.45, 2.75) is 11.8 Å². The molecule has 1 heterocycles. The number of nitrogens with zero attached hydrogens (tertiary/aromatic N) is 1. The van der Waals surface area contributed by atoms with Gasteiger partial charge in [0.25, 0.3) is 10.0 Å². The van der Waals surface area contributed by atoms with E-state index in [2.05, 4.69) is 0 Å². The largest absolute Gasteiger partial charge is 0.497 e. The molecule has 4 nitrogen and oxygen atoms in total. The van der Waals surface area contributed by atoms with E-state index < -0.39 is 10.0 Å². The Balaban J connectivity index is 1.93. The van der Waals surface area contributed by atoms with Crippen LogP contribution in [0, 0.1) is 6.92 Å². The van der Waals surface area contributed by atoms with Crippen LogP contribution in [0.2, 0.25) is 0 Å². The van der Waals surface area contributed by atoms with Crippen molar-refractivity contribution < 1.29 is 13.2 Å². The number of para-hydroxylation sites is 1. The topological polar surface area (TPSA) is 48.3 Å². The van der Waals surface area contributed by atoms with Gasteiger partial charge in [-0.2, -0.15) is 0 Å². The van der Waals surface area contributed by atoms with E-state index >= 15 is 0 Å². The van der Waals surface area contributed by atoms with Gasteiger partial charge in [-0.15, -0.1) is 0 Å². The molecular weight excluding hydrogens is 358 g/mol. The summed E-state index contributed by atoms with van der Waals surface area (Å²) in [6, 6.07) is 22.0. The second-order valence-corrected chi connectivity index (χ2v) is 8.22. The summed E-state index contributed by atoms with van der Waals surface area (Å²) in [4.78, 5) is 0.273. The highest BCUT2D eigenvalue weighted by Crippen LogP contribution is 2.33. The smallest absolute Gasteiger partial charge is 0.268 e. The van der Waals surface area contributed by atoms with Gasteiger partial charge < -0.3 is 4.74 Å². The molecule has 0 unspecified atom stereocenters. The lowest BCUT2D eigenvalue weighted by Gasteiger charge is -2.07. The van der Waals surface area contributed by atoms with Crippen molar-refractivity contribution in [2.75, 3.05) is 7.11 Å². The zero-order chi connectivity index (χ0) is 19.0. The van der Waals surface area contributed by atoms with Gasteiger partial charge in [-0.3, -0.25) is 0 Å². The highest BCUT2D eigenvalue weighted by Gasteiger charge is 2.21. The normalized spacial score (nSPS) is 11.6. The van der Waals surface area contributed by atoms with E-state index in [1.165, 1.54) is 3.97 Å². The van der Waals surface area contributed by atoms with Gasteiger partial charge in [-0.25, -0.2) is 12.4 Å². The Labute approximate surface area is 158 Å². The van der Waals surface area contributed by atoms with Crippen molar-refractivity contribution in [2.24, 2.45) is 0 Å². The van der Waals surface area contributed by atoms with Crippen LogP contribution in [0.15, 0.2) is 83.9 Å². The number of hydrogen-bond donors (Lipinski definition) is 0. The summed E-state index contributed by atoms with van der Waals surface area (Å²) in [5.41, 5.74) is 3.47. The number of hydrogen-bond acceptors (Lipinski definition) is 3. The highest BCUT2D eigenvalue weighted by atomic mass is 32.2. The van der Waals surface area contributed by atoms with Crippen LogP contribution in [0.4, 0.5) is 0 Å². The Bertz CT molecular complexity index is 1200. The van der Waals surface area contributed by atoms with Crippen molar-refractivity contribution >= 4 is 20.9 Å². The summed E-state index contributed by atoms with van der Waals surface area (Å²) in [6.07, 6.45) is 1.70. The molecule has 27 heavy (non-hydrogen) atoms. The summed E-state index contributed by atoms with van der Waals surface area (Å²) >= 11 is 0. The van der Waals surface area contributed by atoms with Crippen molar-refractivity contribution in [1.82, 2.24) is 3.97 Å². The Morgan fingerprint density at radius 3 is 2.19 bits per heavy atom. The van der Waals surface area contributed by atoms with Crippen LogP contribution in [0.1, 0.15) is 5.56 Å². The molecule has 0 bridgehead atoms. The van der Waals surface area contributed by atoms with Crippen LogP contribution >= 0.6 is 0 Å². The van der Waals surface area contributed by atoms with Gasteiger partial charge in [0.15, 0.2) is 0 Å². The fourth-order valence-corrected chi connectivity index (χ4v) is 4.54. The minimum absolute atomic E-state index is 0.273. The minimum atomic E-state index is -3.69. The molecule has 5 heteroatoms. The van der Waals surface area contributed by atoms with E-state index in [4.69, 9.17) is 4.74 Å². The molecular formula is C22H19NO3S.